The fraction of sp³-hybridized carbons (Fsp3) is 0.438. The van der Waals surface area contributed by atoms with Crippen molar-refractivity contribution in [3.05, 3.63) is 103 Å². The first-order valence-corrected chi connectivity index (χ1v) is 22.7. The lowest BCUT2D eigenvalue weighted by atomic mass is 9.77. The van der Waals surface area contributed by atoms with Gasteiger partial charge in [-0.2, -0.15) is 0 Å². The lowest BCUT2D eigenvalue weighted by molar-refractivity contribution is -0.150. The normalized spacial score (nSPS) is 24.1. The van der Waals surface area contributed by atoms with Crippen molar-refractivity contribution in [3.63, 3.8) is 0 Å². The van der Waals surface area contributed by atoms with E-state index in [1.165, 1.54) is 0 Å². The van der Waals surface area contributed by atoms with Gasteiger partial charge < -0.3 is 19.3 Å². The average Bonchev–Trinajstić information content (AvgIpc) is 4.16. The van der Waals surface area contributed by atoms with E-state index in [-0.39, 0.29) is 55.9 Å². The number of hydrogen-bond donors (Lipinski definition) is 1. The van der Waals surface area contributed by atoms with E-state index in [2.05, 4.69) is 11.3 Å². The molecule has 3 heterocycles. The summed E-state index contributed by atoms with van der Waals surface area (Å²) >= 11 is 0. The number of nitrogens with zero attached hydrogens (tertiary/aromatic N) is 3. The van der Waals surface area contributed by atoms with Crippen molar-refractivity contribution in [1.29, 1.82) is 0 Å². The van der Waals surface area contributed by atoms with Crippen LogP contribution in [0, 0.1) is 22.7 Å². The zero-order valence-electron chi connectivity index (χ0n) is 35.2. The van der Waals surface area contributed by atoms with Crippen LogP contribution in [0.1, 0.15) is 77.3 Å². The number of aromatic nitrogens is 1. The Kier molecular flexibility index (Phi) is 11.3. The van der Waals surface area contributed by atoms with Gasteiger partial charge in [-0.15, -0.1) is 6.58 Å². The second kappa shape index (κ2) is 16.4. The molecule has 61 heavy (non-hydrogen) atoms. The van der Waals surface area contributed by atoms with E-state index in [1.807, 2.05) is 111 Å². The summed E-state index contributed by atoms with van der Waals surface area (Å²) in [6.07, 6.45) is 2.79. The number of methoxy groups -OCH3 is 1. The van der Waals surface area contributed by atoms with Gasteiger partial charge in [0.25, 0.3) is 0 Å². The number of likely N-dealkylation sites (tertiary alicyclic amines) is 2. The van der Waals surface area contributed by atoms with Crippen LogP contribution in [0.25, 0.3) is 22.2 Å². The van der Waals surface area contributed by atoms with E-state index in [0.29, 0.717) is 47.5 Å². The third kappa shape index (κ3) is 8.54. The molecule has 1 unspecified atom stereocenters. The highest BCUT2D eigenvalue weighted by molar-refractivity contribution is 7.90. The van der Waals surface area contributed by atoms with Gasteiger partial charge in [-0.1, -0.05) is 87.5 Å². The largest absolute Gasteiger partial charge is 0.497 e. The number of fused-ring (bicyclic) bond motifs is 1. The number of sulfonamides is 1. The predicted molar refractivity (Wildman–Crippen MR) is 232 cm³/mol. The van der Waals surface area contributed by atoms with Crippen LogP contribution < -0.4 is 14.2 Å². The third-order valence-corrected chi connectivity index (χ3v) is 14.9. The van der Waals surface area contributed by atoms with E-state index in [4.69, 9.17) is 14.5 Å². The number of Topliss-reactive ketones (excluding diaryl/α,β-unsaturated/α-hetero) is 1. The molecular weight excluding hydrogens is 793 g/mol. The van der Waals surface area contributed by atoms with Gasteiger partial charge in [-0.25, -0.2) is 13.4 Å². The molecule has 8 rings (SSSR count). The number of pyridine rings is 1. The molecule has 4 aromatic rings. The van der Waals surface area contributed by atoms with Crippen LogP contribution in [0.15, 0.2) is 97.6 Å². The monoisotopic (exact) mass is 846 g/mol. The average molecular weight is 847 g/mol. The Hall–Kier alpha value is -5.56. The van der Waals surface area contributed by atoms with Crippen LogP contribution in [-0.2, 0) is 29.2 Å². The number of benzene rings is 3. The first kappa shape index (κ1) is 42.1. The SMILES string of the molecule is C=C[C@@H]1C[C@]1(CC(=O)[C@@H]1C[C@@H](Oc2cc(-c3ccccc3)nc3cc(OC)ccc23)CN1C(=O)[C@@H](CC(=O)N1CCC1c1ccccc1)C(C)(C)C)C(=O)NS(=O)(=O)C1CC1. The molecular formula is C48H54N4O8S. The number of amides is 3. The maximum Gasteiger partial charge on any atom is 0.240 e. The van der Waals surface area contributed by atoms with Crippen LogP contribution in [0.5, 0.6) is 11.5 Å². The molecule has 4 fully saturated rings. The Balaban J connectivity index is 1.11. The Morgan fingerprint density at radius 1 is 0.967 bits per heavy atom. The van der Waals surface area contributed by atoms with Crippen LogP contribution in [0.3, 0.4) is 0 Å². The smallest absolute Gasteiger partial charge is 0.240 e. The van der Waals surface area contributed by atoms with Crippen LogP contribution in [-0.4, -0.2) is 84.3 Å². The number of nitrogens with one attached hydrogen (secondary N) is 1. The number of ether oxygens (including phenoxy) is 2. The summed E-state index contributed by atoms with van der Waals surface area (Å²) < 4.78 is 40.4. The molecule has 3 aromatic carbocycles. The minimum atomic E-state index is -3.87. The minimum absolute atomic E-state index is 0.0459. The molecule has 1 aromatic heterocycles. The molecule has 0 spiro atoms. The van der Waals surface area contributed by atoms with E-state index in [1.54, 1.807) is 18.1 Å². The summed E-state index contributed by atoms with van der Waals surface area (Å²) in [5, 5.41) is 0.100. The van der Waals surface area contributed by atoms with Gasteiger partial charge in [0, 0.05) is 48.9 Å². The fourth-order valence-corrected chi connectivity index (χ4v) is 10.4. The first-order chi connectivity index (χ1) is 29.1. The number of carbonyl (C=O) groups is 4. The molecule has 12 nitrogen and oxygen atoms in total. The molecule has 2 aliphatic heterocycles. The Labute approximate surface area is 357 Å². The summed E-state index contributed by atoms with van der Waals surface area (Å²) in [5.74, 6) is -1.62. The van der Waals surface area contributed by atoms with Crippen molar-refractivity contribution in [3.8, 4) is 22.8 Å². The predicted octanol–water partition coefficient (Wildman–Crippen LogP) is 7.04. The fourth-order valence-electron chi connectivity index (χ4n) is 9.04. The molecule has 13 heteroatoms. The molecule has 3 amide bonds. The van der Waals surface area contributed by atoms with Crippen molar-refractivity contribution < 1.29 is 37.1 Å². The highest BCUT2D eigenvalue weighted by atomic mass is 32.2. The topological polar surface area (TPSA) is 152 Å². The van der Waals surface area contributed by atoms with Gasteiger partial charge >= 0.3 is 0 Å². The van der Waals surface area contributed by atoms with E-state index in [0.717, 1.165) is 17.5 Å². The molecule has 0 bridgehead atoms. The quantitative estimate of drug-likeness (QED) is 0.124. The molecule has 320 valence electrons. The van der Waals surface area contributed by atoms with Crippen molar-refractivity contribution in [1.82, 2.24) is 19.5 Å². The lowest BCUT2D eigenvalue weighted by Gasteiger charge is -2.43. The summed E-state index contributed by atoms with van der Waals surface area (Å²) in [5.41, 5.74) is 1.25. The Bertz CT molecular complexity index is 2470. The molecule has 1 N–H and O–H groups in total. The standard InChI is InChI=1S/C48H54N4O8S/c1-6-32-27-48(32,46(56)50-61(57,58)35-18-19-35)28-42(53)41-24-34(60-43-26-38(30-13-9-7-10-14-30)49-39-23-33(59-5)17-20-36(39)43)29-52(41)45(55)37(47(2,3)4)25-44(54)51-22-21-40(51)31-15-11-8-12-16-31/h6-17,20,23,26,32,34-35,37,40-41H,1,18-19,21-22,24-25,27-29H2,2-5H3,(H,50,56)/t32-,34-,37-,40?,41+,48-/m1/s1. The van der Waals surface area contributed by atoms with Gasteiger partial charge in [0.05, 0.1) is 53.5 Å². The summed E-state index contributed by atoms with van der Waals surface area (Å²) in [7, 11) is -2.29. The zero-order chi connectivity index (χ0) is 43.3. The van der Waals surface area contributed by atoms with E-state index < -0.39 is 56.0 Å². The van der Waals surface area contributed by atoms with Crippen LogP contribution in [0.2, 0.25) is 0 Å². The second-order valence-electron chi connectivity index (χ2n) is 18.2. The van der Waals surface area contributed by atoms with Crippen molar-refractivity contribution in [2.75, 3.05) is 20.2 Å². The molecule has 2 aliphatic carbocycles. The number of hydrogen-bond acceptors (Lipinski definition) is 9. The van der Waals surface area contributed by atoms with E-state index in [9.17, 15) is 22.8 Å². The highest BCUT2D eigenvalue weighted by Crippen LogP contribution is 2.57. The van der Waals surface area contributed by atoms with Crippen LogP contribution in [0.4, 0.5) is 0 Å². The lowest BCUT2D eigenvalue weighted by Crippen LogP contribution is -2.51. The summed E-state index contributed by atoms with van der Waals surface area (Å²) in [6.45, 7) is 10.3. The van der Waals surface area contributed by atoms with Crippen molar-refractivity contribution in [2.24, 2.45) is 22.7 Å². The van der Waals surface area contributed by atoms with Crippen molar-refractivity contribution >= 4 is 44.4 Å². The zero-order valence-corrected chi connectivity index (χ0v) is 36.0. The maximum atomic E-state index is 15.1. The molecule has 4 aliphatic rings. The maximum absolute atomic E-state index is 15.1. The number of carbonyl (C=O) groups excluding carboxylic acids is 4. The van der Waals surface area contributed by atoms with Gasteiger partial charge in [-0.05, 0) is 54.7 Å². The highest BCUT2D eigenvalue weighted by Gasteiger charge is 2.61. The number of ketones is 1. The van der Waals surface area contributed by atoms with Crippen molar-refractivity contribution in [2.45, 2.75) is 89.2 Å². The van der Waals surface area contributed by atoms with Gasteiger partial charge in [0.15, 0.2) is 5.78 Å². The molecule has 0 radical (unpaired) electrons. The minimum Gasteiger partial charge on any atom is -0.497 e. The van der Waals surface area contributed by atoms with Crippen LogP contribution >= 0.6 is 0 Å². The van der Waals surface area contributed by atoms with Gasteiger partial charge in [-0.3, -0.25) is 23.9 Å². The molecule has 2 saturated heterocycles. The summed E-state index contributed by atoms with van der Waals surface area (Å²) in [6, 6.07) is 25.8. The second-order valence-corrected chi connectivity index (χ2v) is 20.1. The molecule has 2 saturated carbocycles. The number of allylic oxidation sites excluding steroid dienone is 1. The summed E-state index contributed by atoms with van der Waals surface area (Å²) in [4.78, 5) is 66.0. The van der Waals surface area contributed by atoms with E-state index >= 15 is 4.79 Å². The van der Waals surface area contributed by atoms with Gasteiger partial charge in [0.2, 0.25) is 27.7 Å². The van der Waals surface area contributed by atoms with Gasteiger partial charge in [0.1, 0.15) is 17.6 Å². The third-order valence-electron chi connectivity index (χ3n) is 13.1. The number of rotatable bonds is 15. The first-order valence-electron chi connectivity index (χ1n) is 21.2. The molecule has 6 atom stereocenters. The Morgan fingerprint density at radius 3 is 2.28 bits per heavy atom. The Morgan fingerprint density at radius 2 is 1.67 bits per heavy atom.